The summed E-state index contributed by atoms with van der Waals surface area (Å²) in [5, 5.41) is 8.45. The highest BCUT2D eigenvalue weighted by Gasteiger charge is 2.12. The number of benzene rings is 2. The molecule has 5 heteroatoms. The number of nitrogens with one attached hydrogen (secondary N) is 1. The topological polar surface area (TPSA) is 46.0 Å². The van der Waals surface area contributed by atoms with Crippen molar-refractivity contribution in [1.82, 2.24) is 25.0 Å². The van der Waals surface area contributed by atoms with Crippen molar-refractivity contribution in [2.45, 2.75) is 26.2 Å². The van der Waals surface area contributed by atoms with Crippen molar-refractivity contribution in [2.24, 2.45) is 0 Å². The zero-order valence-corrected chi connectivity index (χ0v) is 18.2. The maximum Gasteiger partial charge on any atom is 0.0983 e. The molecule has 0 saturated heterocycles. The predicted octanol–water partition coefficient (Wildman–Crippen LogP) is 4.34. The highest BCUT2D eigenvalue weighted by molar-refractivity contribution is 5.61. The van der Waals surface area contributed by atoms with Crippen LogP contribution in [0.5, 0.6) is 0 Å². The van der Waals surface area contributed by atoms with E-state index >= 15 is 0 Å². The minimum Gasteiger partial charge on any atom is -0.308 e. The first kappa shape index (κ1) is 21.0. The van der Waals surface area contributed by atoms with Gasteiger partial charge in [0.15, 0.2) is 0 Å². The normalized spacial score (nSPS) is 11.2. The van der Waals surface area contributed by atoms with Crippen LogP contribution in [0, 0.1) is 0 Å². The minimum atomic E-state index is 0.748. The van der Waals surface area contributed by atoms with E-state index in [0.717, 1.165) is 37.4 Å². The third-order valence-electron chi connectivity index (χ3n) is 5.13. The summed E-state index contributed by atoms with van der Waals surface area (Å²) in [7, 11) is 4.18. The van der Waals surface area contributed by atoms with E-state index in [0.29, 0.717) is 0 Å². The summed E-state index contributed by atoms with van der Waals surface area (Å²) in [4.78, 5) is 6.46. The fourth-order valence-electron chi connectivity index (χ4n) is 3.66. The maximum absolute atomic E-state index is 4.87. The van der Waals surface area contributed by atoms with Crippen LogP contribution in [0.3, 0.4) is 0 Å². The van der Waals surface area contributed by atoms with Crippen LogP contribution in [-0.4, -0.2) is 33.8 Å². The molecule has 2 aromatic carbocycles. The molecule has 0 saturated carbocycles. The molecule has 0 atom stereocenters. The van der Waals surface area contributed by atoms with E-state index in [1.165, 1.54) is 22.3 Å². The molecule has 0 fully saturated rings. The second-order valence-corrected chi connectivity index (χ2v) is 8.09. The summed E-state index contributed by atoms with van der Waals surface area (Å²) in [6, 6.07) is 23.3. The van der Waals surface area contributed by atoms with Gasteiger partial charge >= 0.3 is 0 Å². The van der Waals surface area contributed by atoms with Crippen molar-refractivity contribution in [3.05, 3.63) is 108 Å². The van der Waals surface area contributed by atoms with Gasteiger partial charge in [0.25, 0.3) is 0 Å². The van der Waals surface area contributed by atoms with E-state index in [4.69, 9.17) is 5.10 Å². The van der Waals surface area contributed by atoms with Gasteiger partial charge in [-0.25, -0.2) is 0 Å². The Morgan fingerprint density at radius 2 is 1.61 bits per heavy atom. The summed E-state index contributed by atoms with van der Waals surface area (Å²) in [6.07, 6.45) is 5.81. The van der Waals surface area contributed by atoms with E-state index in [2.05, 4.69) is 90.1 Å². The van der Waals surface area contributed by atoms with Gasteiger partial charge in [0.2, 0.25) is 0 Å². The number of aromatic nitrogens is 3. The molecule has 0 aliphatic heterocycles. The molecule has 2 heterocycles. The standard InChI is InChI=1S/C26H29N5/c1-30(2)18-23-12-10-21(11-13-23)15-28-17-25-20-31(19-22-7-4-3-5-8-22)29-26(25)24-9-6-14-27-16-24/h3-14,16,20,28H,15,17-19H2,1-2H3. The Balaban J connectivity index is 1.46. The first-order valence-electron chi connectivity index (χ1n) is 10.6. The van der Waals surface area contributed by atoms with Crippen LogP contribution < -0.4 is 5.32 Å². The van der Waals surface area contributed by atoms with Crippen LogP contribution in [0.15, 0.2) is 85.3 Å². The third-order valence-corrected chi connectivity index (χ3v) is 5.13. The lowest BCUT2D eigenvalue weighted by molar-refractivity contribution is 0.402. The van der Waals surface area contributed by atoms with Crippen LogP contribution in [-0.2, 0) is 26.2 Å². The molecule has 31 heavy (non-hydrogen) atoms. The van der Waals surface area contributed by atoms with Crippen molar-refractivity contribution >= 4 is 0 Å². The van der Waals surface area contributed by atoms with Crippen molar-refractivity contribution in [3.8, 4) is 11.3 Å². The lowest BCUT2D eigenvalue weighted by Crippen LogP contribution is -2.13. The van der Waals surface area contributed by atoms with E-state index in [9.17, 15) is 0 Å². The van der Waals surface area contributed by atoms with E-state index in [1.807, 2.05) is 23.0 Å². The van der Waals surface area contributed by atoms with Crippen LogP contribution in [0.4, 0.5) is 0 Å². The van der Waals surface area contributed by atoms with Crippen LogP contribution in [0.1, 0.15) is 22.3 Å². The first-order valence-corrected chi connectivity index (χ1v) is 10.6. The first-order chi connectivity index (χ1) is 15.2. The predicted molar refractivity (Wildman–Crippen MR) is 125 cm³/mol. The molecule has 0 amide bonds. The lowest BCUT2D eigenvalue weighted by atomic mass is 10.1. The molecule has 0 aliphatic rings. The second kappa shape index (κ2) is 10.2. The molecule has 0 unspecified atom stereocenters. The SMILES string of the molecule is CN(C)Cc1ccc(CNCc2cn(Cc3ccccc3)nc2-c2cccnc2)cc1. The van der Waals surface area contributed by atoms with Gasteiger partial charge in [0, 0.05) is 49.4 Å². The highest BCUT2D eigenvalue weighted by atomic mass is 15.3. The van der Waals surface area contributed by atoms with E-state index in [1.54, 1.807) is 6.20 Å². The van der Waals surface area contributed by atoms with E-state index < -0.39 is 0 Å². The number of rotatable bonds is 9. The monoisotopic (exact) mass is 411 g/mol. The molecule has 158 valence electrons. The van der Waals surface area contributed by atoms with Gasteiger partial charge in [-0.3, -0.25) is 9.67 Å². The fraction of sp³-hybridized carbons (Fsp3) is 0.231. The van der Waals surface area contributed by atoms with E-state index in [-0.39, 0.29) is 0 Å². The van der Waals surface area contributed by atoms with Gasteiger partial charge < -0.3 is 10.2 Å². The third kappa shape index (κ3) is 5.87. The molecule has 2 aromatic heterocycles. The Kier molecular flexibility index (Phi) is 6.87. The molecule has 1 N–H and O–H groups in total. The highest BCUT2D eigenvalue weighted by Crippen LogP contribution is 2.22. The molecule has 5 nitrogen and oxygen atoms in total. The summed E-state index contributed by atoms with van der Waals surface area (Å²) >= 11 is 0. The summed E-state index contributed by atoms with van der Waals surface area (Å²) in [5.41, 5.74) is 7.04. The average molecular weight is 412 g/mol. The largest absolute Gasteiger partial charge is 0.308 e. The second-order valence-electron chi connectivity index (χ2n) is 8.09. The van der Waals surface area contributed by atoms with Gasteiger partial charge in [-0.1, -0.05) is 54.6 Å². The summed E-state index contributed by atoms with van der Waals surface area (Å²) in [5.74, 6) is 0. The van der Waals surface area contributed by atoms with Gasteiger partial charge in [0.1, 0.15) is 0 Å². The number of pyridine rings is 1. The Morgan fingerprint density at radius 1 is 0.839 bits per heavy atom. The molecule has 0 spiro atoms. The molecule has 0 aliphatic carbocycles. The summed E-state index contributed by atoms with van der Waals surface area (Å²) in [6.45, 7) is 3.28. The van der Waals surface area contributed by atoms with Gasteiger partial charge in [-0.05, 0) is 42.9 Å². The van der Waals surface area contributed by atoms with Gasteiger partial charge in [-0.2, -0.15) is 5.10 Å². The van der Waals surface area contributed by atoms with Crippen molar-refractivity contribution in [1.29, 1.82) is 0 Å². The lowest BCUT2D eigenvalue weighted by Gasteiger charge is -2.10. The van der Waals surface area contributed by atoms with Gasteiger partial charge in [0.05, 0.1) is 12.2 Å². The minimum absolute atomic E-state index is 0.748. The molecule has 4 aromatic rings. The smallest absolute Gasteiger partial charge is 0.0983 e. The zero-order chi connectivity index (χ0) is 21.5. The summed E-state index contributed by atoms with van der Waals surface area (Å²) < 4.78 is 2.02. The van der Waals surface area contributed by atoms with Gasteiger partial charge in [-0.15, -0.1) is 0 Å². The molecule has 0 bridgehead atoms. The van der Waals surface area contributed by atoms with Crippen LogP contribution in [0.2, 0.25) is 0 Å². The fourth-order valence-corrected chi connectivity index (χ4v) is 3.66. The number of nitrogens with zero attached hydrogens (tertiary/aromatic N) is 4. The Bertz CT molecular complexity index is 1070. The van der Waals surface area contributed by atoms with Crippen molar-refractivity contribution < 1.29 is 0 Å². The quantitative estimate of drug-likeness (QED) is 0.445. The Labute approximate surface area is 184 Å². The number of hydrogen-bond acceptors (Lipinski definition) is 4. The molecule has 4 rings (SSSR count). The Morgan fingerprint density at radius 3 is 2.32 bits per heavy atom. The Hall–Kier alpha value is -3.28. The number of hydrogen-bond donors (Lipinski definition) is 1. The zero-order valence-electron chi connectivity index (χ0n) is 18.2. The molecule has 0 radical (unpaired) electrons. The van der Waals surface area contributed by atoms with Crippen molar-refractivity contribution in [3.63, 3.8) is 0 Å². The van der Waals surface area contributed by atoms with Crippen LogP contribution >= 0.6 is 0 Å². The molecular weight excluding hydrogens is 382 g/mol. The molecular formula is C26H29N5. The maximum atomic E-state index is 4.87. The van der Waals surface area contributed by atoms with Crippen molar-refractivity contribution in [2.75, 3.05) is 14.1 Å². The van der Waals surface area contributed by atoms with Crippen LogP contribution in [0.25, 0.3) is 11.3 Å². The average Bonchev–Trinajstić information content (AvgIpc) is 3.18.